The predicted octanol–water partition coefficient (Wildman–Crippen LogP) is 4.24. The van der Waals surface area contributed by atoms with Gasteiger partial charge in [0.25, 0.3) is 0 Å². The van der Waals surface area contributed by atoms with Gasteiger partial charge in [0.1, 0.15) is 5.75 Å². The number of allylic oxidation sites excluding steroid dienone is 2. The Bertz CT molecular complexity index is 904. The van der Waals surface area contributed by atoms with E-state index in [1.807, 2.05) is 0 Å². The van der Waals surface area contributed by atoms with Gasteiger partial charge < -0.3 is 10.1 Å². The molecule has 1 aromatic carbocycles. The Morgan fingerprint density at radius 2 is 1.65 bits per heavy atom. The van der Waals surface area contributed by atoms with Crippen molar-refractivity contribution in [3.8, 4) is 5.75 Å². The van der Waals surface area contributed by atoms with Gasteiger partial charge in [-0.1, -0.05) is 0 Å². The van der Waals surface area contributed by atoms with Crippen molar-refractivity contribution in [2.75, 3.05) is 0 Å². The first-order valence-electron chi connectivity index (χ1n) is 6.21. The van der Waals surface area contributed by atoms with E-state index in [2.05, 4.69) is 52.8 Å². The molecule has 3 rings (SSSR count). The molecule has 0 aliphatic heterocycles. The fourth-order valence-electron chi connectivity index (χ4n) is 2.37. The fraction of sp³-hybridized carbons (Fsp3) is 0. The lowest BCUT2D eigenvalue weighted by molar-refractivity contribution is 0.0995. The highest BCUT2D eigenvalue weighted by atomic mass is 79.9. The number of aromatic amines is 1. The minimum Gasteiger partial charge on any atom is -0.506 e. The van der Waals surface area contributed by atoms with Gasteiger partial charge in [-0.2, -0.15) is 0 Å². The number of aromatic hydroxyl groups is 1. The van der Waals surface area contributed by atoms with Gasteiger partial charge in [-0.15, -0.1) is 0 Å². The van der Waals surface area contributed by atoms with Gasteiger partial charge in [0.15, 0.2) is 12.1 Å². The van der Waals surface area contributed by atoms with Crippen LogP contribution in [0.25, 0.3) is 5.57 Å². The smallest absolute Gasteiger partial charge is 0.217 e. The number of aldehydes is 1. The van der Waals surface area contributed by atoms with Crippen LogP contribution < -0.4 is 0 Å². The normalized spacial score (nSPS) is 14.2. The highest BCUT2D eigenvalue weighted by Crippen LogP contribution is 2.40. The van der Waals surface area contributed by atoms with E-state index in [0.29, 0.717) is 20.8 Å². The summed E-state index contributed by atoms with van der Waals surface area (Å²) in [4.78, 5) is 39.0. The first-order chi connectivity index (χ1) is 10.9. The number of rotatable bonds is 2. The van der Waals surface area contributed by atoms with Gasteiger partial charge in [-0.3, -0.25) is 14.4 Å². The monoisotopic (exact) mass is 501 g/mol. The largest absolute Gasteiger partial charge is 0.506 e. The molecule has 0 amide bonds. The predicted molar refractivity (Wildman–Crippen MR) is 94.2 cm³/mol. The van der Waals surface area contributed by atoms with Crippen molar-refractivity contribution in [2.45, 2.75) is 0 Å². The zero-order valence-corrected chi connectivity index (χ0v) is 15.9. The van der Waals surface area contributed by atoms with Crippen molar-refractivity contribution in [2.24, 2.45) is 0 Å². The lowest BCUT2D eigenvalue weighted by Gasteiger charge is -2.17. The Morgan fingerprint density at radius 1 is 1.04 bits per heavy atom. The molecule has 0 unspecified atom stereocenters. The molecule has 1 heterocycles. The van der Waals surface area contributed by atoms with Crippen LogP contribution in [0.5, 0.6) is 5.75 Å². The van der Waals surface area contributed by atoms with Gasteiger partial charge >= 0.3 is 0 Å². The summed E-state index contributed by atoms with van der Waals surface area (Å²) in [5, 5.41) is 9.80. The standard InChI is InChI=1S/C15H6Br3NO4/c16-7-1-5(2-8(17)13(7)21)9-11(18)15(23)12-10(14(9)22)6(4-20)3-19-12/h1-4,19,21H. The maximum atomic E-state index is 12.8. The molecule has 0 spiro atoms. The summed E-state index contributed by atoms with van der Waals surface area (Å²) in [6, 6.07) is 3.06. The fourth-order valence-corrected chi connectivity index (χ4v) is 4.16. The van der Waals surface area contributed by atoms with Gasteiger partial charge in [-0.25, -0.2) is 0 Å². The molecule has 2 aromatic rings. The lowest BCUT2D eigenvalue weighted by Crippen LogP contribution is -2.19. The van der Waals surface area contributed by atoms with E-state index >= 15 is 0 Å². The summed E-state index contributed by atoms with van der Waals surface area (Å²) < 4.78 is 0.828. The van der Waals surface area contributed by atoms with E-state index in [1.54, 1.807) is 0 Å². The number of phenolic OH excluding ortho intramolecular Hbond substituents is 1. The number of benzene rings is 1. The summed E-state index contributed by atoms with van der Waals surface area (Å²) in [6.07, 6.45) is 1.86. The van der Waals surface area contributed by atoms with E-state index in [4.69, 9.17) is 0 Å². The topological polar surface area (TPSA) is 87.2 Å². The molecule has 1 aromatic heterocycles. The second-order valence-corrected chi connectivity index (χ2v) is 7.25. The third-order valence-corrected chi connectivity index (χ3v) is 5.41. The third-order valence-electron chi connectivity index (χ3n) is 3.44. The van der Waals surface area contributed by atoms with Crippen molar-refractivity contribution in [3.63, 3.8) is 0 Å². The van der Waals surface area contributed by atoms with Crippen LogP contribution >= 0.6 is 47.8 Å². The molecule has 23 heavy (non-hydrogen) atoms. The van der Waals surface area contributed by atoms with Crippen molar-refractivity contribution < 1.29 is 19.5 Å². The summed E-state index contributed by atoms with van der Waals surface area (Å²) in [5.41, 5.74) is 0.836. The number of nitrogens with one attached hydrogen (secondary N) is 1. The average Bonchev–Trinajstić information content (AvgIpc) is 2.95. The number of H-pyrrole nitrogens is 1. The van der Waals surface area contributed by atoms with Crippen LogP contribution in [0.3, 0.4) is 0 Å². The molecular formula is C15H6Br3NO4. The first-order valence-corrected chi connectivity index (χ1v) is 8.58. The molecule has 116 valence electrons. The molecule has 0 atom stereocenters. The Labute approximate surface area is 155 Å². The van der Waals surface area contributed by atoms with Crippen molar-refractivity contribution in [1.29, 1.82) is 0 Å². The third kappa shape index (κ3) is 2.45. The van der Waals surface area contributed by atoms with E-state index in [0.717, 1.165) is 0 Å². The Morgan fingerprint density at radius 3 is 2.22 bits per heavy atom. The number of hydrogen-bond acceptors (Lipinski definition) is 4. The van der Waals surface area contributed by atoms with Crippen LogP contribution in [0.2, 0.25) is 0 Å². The number of hydrogen-bond donors (Lipinski definition) is 2. The Balaban J connectivity index is 2.27. The van der Waals surface area contributed by atoms with Crippen LogP contribution in [-0.4, -0.2) is 27.9 Å². The minimum absolute atomic E-state index is 0.0176. The van der Waals surface area contributed by atoms with Crippen LogP contribution in [0.4, 0.5) is 0 Å². The van der Waals surface area contributed by atoms with E-state index < -0.39 is 11.6 Å². The van der Waals surface area contributed by atoms with Crippen LogP contribution in [0.1, 0.15) is 36.8 Å². The van der Waals surface area contributed by atoms with E-state index in [9.17, 15) is 19.5 Å². The molecule has 0 saturated carbocycles. The van der Waals surface area contributed by atoms with Crippen LogP contribution in [-0.2, 0) is 0 Å². The maximum absolute atomic E-state index is 12.8. The number of fused-ring (bicyclic) bond motifs is 1. The van der Waals surface area contributed by atoms with Gasteiger partial charge in [0, 0.05) is 17.3 Å². The Hall–Kier alpha value is -1.51. The van der Waals surface area contributed by atoms with Crippen molar-refractivity contribution in [3.05, 3.63) is 54.1 Å². The second kappa shape index (κ2) is 5.85. The van der Waals surface area contributed by atoms with E-state index in [-0.39, 0.29) is 32.6 Å². The molecule has 2 N–H and O–H groups in total. The molecule has 0 saturated heterocycles. The highest BCUT2D eigenvalue weighted by molar-refractivity contribution is 9.12. The van der Waals surface area contributed by atoms with Gasteiger partial charge in [-0.05, 0) is 65.5 Å². The SMILES string of the molecule is O=Cc1c[nH]c2c1C(=O)C(c1cc(Br)c(O)c(Br)c1)=C(Br)C2=O. The number of Topliss-reactive ketones (excluding diaryl/α,β-unsaturated/α-hetero) is 2. The molecule has 5 nitrogen and oxygen atoms in total. The minimum atomic E-state index is -0.445. The number of phenols is 1. The molecule has 0 radical (unpaired) electrons. The van der Waals surface area contributed by atoms with E-state index in [1.165, 1.54) is 18.3 Å². The lowest BCUT2D eigenvalue weighted by atomic mass is 9.88. The summed E-state index contributed by atoms with van der Waals surface area (Å²) in [6.45, 7) is 0. The molecule has 1 aliphatic rings. The Kier molecular flexibility index (Phi) is 4.16. The summed E-state index contributed by atoms with van der Waals surface area (Å²) >= 11 is 9.56. The molecule has 0 bridgehead atoms. The number of ketones is 2. The van der Waals surface area contributed by atoms with Crippen LogP contribution in [0.15, 0.2) is 31.8 Å². The average molecular weight is 504 g/mol. The molecular weight excluding hydrogens is 498 g/mol. The summed E-state index contributed by atoms with van der Waals surface area (Å²) in [7, 11) is 0. The number of halogens is 3. The first kappa shape index (κ1) is 16.4. The number of carbonyl (C=O) groups is 3. The van der Waals surface area contributed by atoms with Crippen molar-refractivity contribution >= 4 is 71.2 Å². The van der Waals surface area contributed by atoms with Crippen molar-refractivity contribution in [1.82, 2.24) is 4.98 Å². The van der Waals surface area contributed by atoms with Gasteiger partial charge in [0.2, 0.25) is 5.78 Å². The number of carbonyl (C=O) groups excluding carboxylic acids is 3. The summed E-state index contributed by atoms with van der Waals surface area (Å²) in [5.74, 6) is -0.877. The molecule has 0 fully saturated rings. The highest BCUT2D eigenvalue weighted by Gasteiger charge is 2.35. The number of aromatic nitrogens is 1. The zero-order valence-electron chi connectivity index (χ0n) is 11.1. The quantitative estimate of drug-likeness (QED) is 0.600. The second-order valence-electron chi connectivity index (χ2n) is 4.75. The molecule has 1 aliphatic carbocycles. The zero-order chi connectivity index (χ0) is 16.9. The molecule has 8 heteroatoms. The van der Waals surface area contributed by atoms with Crippen LogP contribution in [0, 0.1) is 0 Å². The maximum Gasteiger partial charge on any atom is 0.217 e. The van der Waals surface area contributed by atoms with Gasteiger partial charge in [0.05, 0.1) is 24.7 Å².